The van der Waals surface area contributed by atoms with Gasteiger partial charge in [-0.3, -0.25) is 4.79 Å². The normalized spacial score (nSPS) is 13.9. The zero-order valence-electron chi connectivity index (χ0n) is 8.91. The van der Waals surface area contributed by atoms with Crippen molar-refractivity contribution in [1.82, 2.24) is 5.32 Å². The molecule has 1 unspecified atom stereocenters. The van der Waals surface area contributed by atoms with E-state index < -0.39 is 24.4 Å². The highest BCUT2D eigenvalue weighted by Crippen LogP contribution is 2.32. The number of alkyl halides is 4. The van der Waals surface area contributed by atoms with Crippen LogP contribution in [0.25, 0.3) is 0 Å². The van der Waals surface area contributed by atoms with Crippen LogP contribution in [0.2, 0.25) is 5.02 Å². The lowest BCUT2D eigenvalue weighted by atomic mass is 10.4. The summed E-state index contributed by atoms with van der Waals surface area (Å²) in [6.07, 6.45) is 0. The van der Waals surface area contributed by atoms with Gasteiger partial charge in [0.05, 0.1) is 4.90 Å². The van der Waals surface area contributed by atoms with Crippen LogP contribution in [-0.4, -0.2) is 23.0 Å². The molecule has 0 aliphatic carbocycles. The van der Waals surface area contributed by atoms with Crippen LogP contribution in [0.3, 0.4) is 0 Å². The van der Waals surface area contributed by atoms with E-state index in [2.05, 4.69) is 0 Å². The molecule has 0 aliphatic heterocycles. The minimum Gasteiger partial charge on any atom is -0.322 e. The van der Waals surface area contributed by atoms with Gasteiger partial charge in [0.15, 0.2) is 5.50 Å². The summed E-state index contributed by atoms with van der Waals surface area (Å²) in [5.74, 6) is 0. The number of hydrogen-bond donors (Lipinski definition) is 1. The zero-order chi connectivity index (χ0) is 14.8. The molecule has 0 heterocycles. The number of hydrogen-bond acceptors (Lipinski definition) is 3. The lowest BCUT2D eigenvalue weighted by Gasteiger charge is -2.18. The Balaban J connectivity index is 2.95. The standard InChI is InChI=1S/C9H6Cl5NO3S/c10-5-1-3-6(4-2-5)19(17,18)8(16)15-7(11)9(12,13)14/h1-4,7H,(H,15,16). The highest BCUT2D eigenvalue weighted by atomic mass is 35.6. The number of nitrogens with one attached hydrogen (secondary N) is 1. The van der Waals surface area contributed by atoms with Crippen LogP contribution in [0.1, 0.15) is 0 Å². The number of benzene rings is 1. The van der Waals surface area contributed by atoms with Gasteiger partial charge in [-0.05, 0) is 24.3 Å². The number of sulfone groups is 1. The van der Waals surface area contributed by atoms with Gasteiger partial charge < -0.3 is 5.32 Å². The van der Waals surface area contributed by atoms with Crippen LogP contribution >= 0.6 is 58.0 Å². The van der Waals surface area contributed by atoms with Crippen molar-refractivity contribution < 1.29 is 13.2 Å². The summed E-state index contributed by atoms with van der Waals surface area (Å²) in [6.45, 7) is 0. The van der Waals surface area contributed by atoms with Crippen molar-refractivity contribution in [2.45, 2.75) is 14.2 Å². The second-order valence-corrected chi connectivity index (χ2v) is 8.38. The van der Waals surface area contributed by atoms with Crippen molar-refractivity contribution in [1.29, 1.82) is 0 Å². The van der Waals surface area contributed by atoms with Crippen LogP contribution < -0.4 is 5.32 Å². The van der Waals surface area contributed by atoms with Gasteiger partial charge in [-0.2, -0.15) is 0 Å². The molecule has 0 radical (unpaired) electrons. The van der Waals surface area contributed by atoms with Crippen molar-refractivity contribution in [2.24, 2.45) is 0 Å². The van der Waals surface area contributed by atoms with Crippen molar-refractivity contribution in [3.63, 3.8) is 0 Å². The Morgan fingerprint density at radius 1 is 1.16 bits per heavy atom. The molecule has 1 aromatic rings. The van der Waals surface area contributed by atoms with Crippen LogP contribution in [0.5, 0.6) is 0 Å². The average Bonchev–Trinajstić information content (AvgIpc) is 2.28. The van der Waals surface area contributed by atoms with Crippen LogP contribution in [0.15, 0.2) is 29.2 Å². The molecular weight excluding hydrogens is 379 g/mol. The van der Waals surface area contributed by atoms with Gasteiger partial charge in [-0.1, -0.05) is 58.0 Å². The molecule has 1 amide bonds. The molecular formula is C9H6Cl5NO3S. The maximum atomic E-state index is 11.9. The maximum absolute atomic E-state index is 11.9. The molecule has 0 bridgehead atoms. The van der Waals surface area contributed by atoms with Crippen molar-refractivity contribution in [3.05, 3.63) is 29.3 Å². The summed E-state index contributed by atoms with van der Waals surface area (Å²) >= 11 is 27.4. The van der Waals surface area contributed by atoms with Crippen molar-refractivity contribution in [2.75, 3.05) is 0 Å². The van der Waals surface area contributed by atoms with Gasteiger partial charge >= 0.3 is 5.24 Å². The van der Waals surface area contributed by atoms with E-state index in [-0.39, 0.29) is 4.90 Å². The summed E-state index contributed by atoms with van der Waals surface area (Å²) in [6, 6.07) is 5.01. The van der Waals surface area contributed by atoms with Crippen molar-refractivity contribution in [3.8, 4) is 0 Å². The molecule has 0 aromatic heterocycles. The van der Waals surface area contributed by atoms with E-state index >= 15 is 0 Å². The monoisotopic (exact) mass is 383 g/mol. The number of carbonyl (C=O) groups excluding carboxylic acids is 1. The lowest BCUT2D eigenvalue weighted by molar-refractivity contribution is 0.257. The second kappa shape index (κ2) is 6.24. The smallest absolute Gasteiger partial charge is 0.322 e. The molecule has 0 fully saturated rings. The first-order chi connectivity index (χ1) is 8.55. The molecule has 0 saturated heterocycles. The Morgan fingerprint density at radius 3 is 2.05 bits per heavy atom. The van der Waals surface area contributed by atoms with Gasteiger partial charge in [-0.15, -0.1) is 0 Å². The van der Waals surface area contributed by atoms with Crippen LogP contribution in [0.4, 0.5) is 4.79 Å². The molecule has 0 spiro atoms. The summed E-state index contributed by atoms with van der Waals surface area (Å²) < 4.78 is 21.7. The van der Waals surface area contributed by atoms with E-state index in [1.807, 2.05) is 5.32 Å². The predicted octanol–water partition coefficient (Wildman–Crippen LogP) is 3.76. The molecule has 1 rings (SSSR count). The van der Waals surface area contributed by atoms with Crippen LogP contribution in [0, 0.1) is 0 Å². The summed E-state index contributed by atoms with van der Waals surface area (Å²) in [5, 5.41) is 0.838. The van der Waals surface area contributed by atoms with E-state index in [0.29, 0.717) is 5.02 Å². The predicted molar refractivity (Wildman–Crippen MR) is 77.1 cm³/mol. The molecule has 1 N–H and O–H groups in total. The van der Waals surface area contributed by atoms with E-state index in [9.17, 15) is 13.2 Å². The maximum Gasteiger partial charge on any atom is 0.342 e. The number of halogens is 5. The Morgan fingerprint density at radius 2 is 1.63 bits per heavy atom. The topological polar surface area (TPSA) is 63.2 Å². The highest BCUT2D eigenvalue weighted by molar-refractivity contribution is 8.06. The minimum absolute atomic E-state index is 0.248. The second-order valence-electron chi connectivity index (χ2n) is 3.29. The zero-order valence-corrected chi connectivity index (χ0v) is 13.5. The molecule has 106 valence electrons. The third-order valence-electron chi connectivity index (χ3n) is 1.90. The molecule has 10 heteroatoms. The first kappa shape index (κ1) is 17.1. The van der Waals surface area contributed by atoms with Gasteiger partial charge in [0, 0.05) is 5.02 Å². The van der Waals surface area contributed by atoms with Crippen LogP contribution in [-0.2, 0) is 9.84 Å². The quantitative estimate of drug-likeness (QED) is 0.623. The summed E-state index contributed by atoms with van der Waals surface area (Å²) in [5.41, 5.74) is -1.49. The molecule has 1 atom stereocenters. The molecule has 0 aliphatic rings. The molecule has 0 saturated carbocycles. The Labute approximate surface area is 134 Å². The van der Waals surface area contributed by atoms with Gasteiger partial charge in [-0.25, -0.2) is 8.42 Å². The van der Waals surface area contributed by atoms with Crippen molar-refractivity contribution >= 4 is 73.1 Å². The summed E-state index contributed by atoms with van der Waals surface area (Å²) in [4.78, 5) is 11.4. The fraction of sp³-hybridized carbons (Fsp3) is 0.222. The van der Waals surface area contributed by atoms with E-state index in [4.69, 9.17) is 58.0 Å². The SMILES string of the molecule is O=C(NC(Cl)C(Cl)(Cl)Cl)S(=O)(=O)c1ccc(Cl)cc1. The largest absolute Gasteiger partial charge is 0.342 e. The first-order valence-electron chi connectivity index (χ1n) is 4.57. The fourth-order valence-electron chi connectivity index (χ4n) is 0.984. The van der Waals surface area contributed by atoms with E-state index in [1.54, 1.807) is 0 Å². The number of amides is 1. The third kappa shape index (κ3) is 4.55. The Hall–Kier alpha value is 0.0900. The molecule has 19 heavy (non-hydrogen) atoms. The first-order valence-corrected chi connectivity index (χ1v) is 8.00. The molecule has 4 nitrogen and oxygen atoms in total. The van der Waals surface area contributed by atoms with Gasteiger partial charge in [0.25, 0.3) is 9.84 Å². The number of carbonyl (C=O) groups is 1. The van der Waals surface area contributed by atoms with Gasteiger partial charge in [0.2, 0.25) is 3.79 Å². The average molecular weight is 385 g/mol. The number of rotatable bonds is 2. The Kier molecular flexibility index (Phi) is 5.63. The summed E-state index contributed by atoms with van der Waals surface area (Å²) in [7, 11) is -4.28. The highest BCUT2D eigenvalue weighted by Gasteiger charge is 2.35. The minimum atomic E-state index is -4.28. The Bertz CT molecular complexity index is 567. The lowest BCUT2D eigenvalue weighted by Crippen LogP contribution is -2.42. The van der Waals surface area contributed by atoms with E-state index in [1.165, 1.54) is 24.3 Å². The fourth-order valence-corrected chi connectivity index (χ4v) is 2.42. The third-order valence-corrected chi connectivity index (χ3v) is 5.08. The molecule has 1 aromatic carbocycles. The van der Waals surface area contributed by atoms with E-state index in [0.717, 1.165) is 0 Å². The van der Waals surface area contributed by atoms with Gasteiger partial charge in [0.1, 0.15) is 0 Å².